The second-order valence-corrected chi connectivity index (χ2v) is 3.89. The average Bonchev–Trinajstić information content (AvgIpc) is 2.29. The summed E-state index contributed by atoms with van der Waals surface area (Å²) in [4.78, 5) is 21.8. The van der Waals surface area contributed by atoms with Crippen molar-refractivity contribution in [3.05, 3.63) is 10.5 Å². The van der Waals surface area contributed by atoms with Crippen molar-refractivity contribution in [2.45, 2.75) is 39.5 Å². The van der Waals surface area contributed by atoms with Crippen LogP contribution >= 0.6 is 0 Å². The van der Waals surface area contributed by atoms with Crippen LogP contribution in [-0.2, 0) is 0 Å². The van der Waals surface area contributed by atoms with E-state index in [2.05, 4.69) is 39.4 Å². The second kappa shape index (κ2) is 7.65. The molecule has 0 radical (unpaired) electrons. The molecule has 0 saturated heterocycles. The normalized spacial score (nSPS) is 10.2. The fraction of sp³-hybridized carbons (Fsp3) is 0.727. The van der Waals surface area contributed by atoms with E-state index in [-0.39, 0.29) is 5.69 Å². The van der Waals surface area contributed by atoms with Crippen molar-refractivity contribution in [3.8, 4) is 0 Å². The average molecular weight is 239 g/mol. The van der Waals surface area contributed by atoms with Crippen LogP contribution in [0.15, 0.2) is 4.79 Å². The molecule has 1 rings (SSSR count). The van der Waals surface area contributed by atoms with Gasteiger partial charge in [-0.05, 0) is 12.8 Å². The number of hydrogen-bond donors (Lipinski definition) is 3. The molecule has 0 atom stereocenters. The van der Waals surface area contributed by atoms with E-state index >= 15 is 0 Å². The van der Waals surface area contributed by atoms with Gasteiger partial charge in [0, 0.05) is 13.1 Å². The highest BCUT2D eigenvalue weighted by Gasteiger charge is 2.01. The number of nitrogens with zero attached hydrogens (tertiary/aromatic N) is 2. The van der Waals surface area contributed by atoms with Gasteiger partial charge in [0.05, 0.1) is 0 Å². The largest absolute Gasteiger partial charge is 0.356 e. The third-order valence-electron chi connectivity index (χ3n) is 2.29. The van der Waals surface area contributed by atoms with Crippen LogP contribution in [-0.4, -0.2) is 28.0 Å². The molecule has 17 heavy (non-hydrogen) atoms. The lowest BCUT2D eigenvalue weighted by Gasteiger charge is -2.06. The predicted octanol–water partition coefficient (Wildman–Crippen LogP) is 1.59. The summed E-state index contributed by atoms with van der Waals surface area (Å²) in [6, 6.07) is 0. The van der Waals surface area contributed by atoms with E-state index < -0.39 is 0 Å². The summed E-state index contributed by atoms with van der Waals surface area (Å²) < 4.78 is 0. The monoisotopic (exact) mass is 239 g/mol. The third kappa shape index (κ3) is 5.33. The van der Waals surface area contributed by atoms with Crippen molar-refractivity contribution in [3.63, 3.8) is 0 Å². The Hall–Kier alpha value is -1.59. The van der Waals surface area contributed by atoms with Gasteiger partial charge in [-0.15, -0.1) is 0 Å². The molecule has 1 aromatic rings. The first-order valence-corrected chi connectivity index (χ1v) is 6.22. The molecule has 0 saturated carbocycles. The highest BCUT2D eigenvalue weighted by molar-refractivity contribution is 5.32. The van der Waals surface area contributed by atoms with E-state index in [9.17, 15) is 4.79 Å². The number of aromatic amines is 1. The summed E-state index contributed by atoms with van der Waals surface area (Å²) in [7, 11) is 0. The van der Waals surface area contributed by atoms with Crippen molar-refractivity contribution in [2.75, 3.05) is 23.7 Å². The summed E-state index contributed by atoms with van der Waals surface area (Å²) in [6.45, 7) is 5.81. The zero-order valence-corrected chi connectivity index (χ0v) is 10.5. The van der Waals surface area contributed by atoms with Crippen LogP contribution in [0.1, 0.15) is 39.5 Å². The van der Waals surface area contributed by atoms with Crippen LogP contribution in [0.2, 0.25) is 0 Å². The second-order valence-electron chi connectivity index (χ2n) is 3.89. The van der Waals surface area contributed by atoms with E-state index in [1.54, 1.807) is 0 Å². The summed E-state index contributed by atoms with van der Waals surface area (Å²) in [5, 5.41) is 6.11. The molecule has 0 aromatic carbocycles. The Morgan fingerprint density at radius 2 is 1.71 bits per heavy atom. The van der Waals surface area contributed by atoms with E-state index in [1.165, 1.54) is 0 Å². The maximum atomic E-state index is 11.3. The number of aromatic nitrogens is 3. The van der Waals surface area contributed by atoms with Crippen LogP contribution in [0.5, 0.6) is 0 Å². The predicted molar refractivity (Wildman–Crippen MR) is 69.4 cm³/mol. The first kappa shape index (κ1) is 13.5. The molecule has 0 aliphatic heterocycles. The number of H-pyrrole nitrogens is 1. The minimum atomic E-state index is -0.377. The standard InChI is InChI=1S/C11H21N5O/c1-3-5-7-12-9-14-10(13-8-6-4-2)16-11(17)15-9/h3-8H2,1-2H3,(H3,12,13,14,15,16,17). The number of nitrogens with one attached hydrogen (secondary N) is 3. The van der Waals surface area contributed by atoms with E-state index in [0.29, 0.717) is 11.9 Å². The molecular weight excluding hydrogens is 218 g/mol. The van der Waals surface area contributed by atoms with E-state index in [1.807, 2.05) is 0 Å². The summed E-state index contributed by atoms with van der Waals surface area (Å²) in [5.41, 5.74) is -0.377. The van der Waals surface area contributed by atoms with Gasteiger partial charge in [0.2, 0.25) is 11.9 Å². The van der Waals surface area contributed by atoms with Crippen LogP contribution in [0.3, 0.4) is 0 Å². The Labute approximate surface area is 101 Å². The topological polar surface area (TPSA) is 82.7 Å². The molecule has 0 unspecified atom stereocenters. The lowest BCUT2D eigenvalue weighted by Crippen LogP contribution is -2.19. The molecule has 6 heteroatoms. The van der Waals surface area contributed by atoms with Crippen LogP contribution in [0, 0.1) is 0 Å². The van der Waals surface area contributed by atoms with Crippen molar-refractivity contribution in [2.24, 2.45) is 0 Å². The van der Waals surface area contributed by atoms with Crippen molar-refractivity contribution >= 4 is 11.9 Å². The van der Waals surface area contributed by atoms with Crippen LogP contribution in [0.4, 0.5) is 11.9 Å². The third-order valence-corrected chi connectivity index (χ3v) is 2.29. The minimum absolute atomic E-state index is 0.377. The van der Waals surface area contributed by atoms with Gasteiger partial charge in [0.1, 0.15) is 0 Å². The van der Waals surface area contributed by atoms with Crippen LogP contribution < -0.4 is 16.3 Å². The highest BCUT2D eigenvalue weighted by atomic mass is 16.1. The van der Waals surface area contributed by atoms with Crippen molar-refractivity contribution < 1.29 is 0 Å². The Balaban J connectivity index is 2.56. The first-order valence-electron chi connectivity index (χ1n) is 6.22. The molecular formula is C11H21N5O. The van der Waals surface area contributed by atoms with Gasteiger partial charge in [-0.2, -0.15) is 9.97 Å². The molecule has 96 valence electrons. The molecule has 0 aliphatic carbocycles. The number of unbranched alkanes of at least 4 members (excludes halogenated alkanes) is 2. The Morgan fingerprint density at radius 3 is 2.35 bits per heavy atom. The molecule has 1 aromatic heterocycles. The molecule has 0 spiro atoms. The smallest absolute Gasteiger partial charge is 0.350 e. The molecule has 0 aliphatic rings. The molecule has 3 N–H and O–H groups in total. The fourth-order valence-corrected chi connectivity index (χ4v) is 1.31. The molecule has 1 heterocycles. The van der Waals surface area contributed by atoms with Crippen molar-refractivity contribution in [1.82, 2.24) is 15.0 Å². The maximum absolute atomic E-state index is 11.3. The fourth-order valence-electron chi connectivity index (χ4n) is 1.31. The summed E-state index contributed by atoms with van der Waals surface area (Å²) in [6.07, 6.45) is 4.28. The first-order chi connectivity index (χ1) is 8.26. The molecule has 0 amide bonds. The number of rotatable bonds is 8. The Kier molecular flexibility index (Phi) is 6.06. The Bertz CT molecular complexity index is 345. The SMILES string of the molecule is CCCCNc1nc(NCCCC)[nH]c(=O)n1. The van der Waals surface area contributed by atoms with E-state index in [0.717, 1.165) is 38.8 Å². The molecule has 6 nitrogen and oxygen atoms in total. The lowest BCUT2D eigenvalue weighted by atomic mass is 10.3. The van der Waals surface area contributed by atoms with Gasteiger partial charge < -0.3 is 10.6 Å². The lowest BCUT2D eigenvalue weighted by molar-refractivity contribution is 0.811. The van der Waals surface area contributed by atoms with Crippen molar-refractivity contribution in [1.29, 1.82) is 0 Å². The molecule has 0 bridgehead atoms. The van der Waals surface area contributed by atoms with E-state index in [4.69, 9.17) is 0 Å². The van der Waals surface area contributed by atoms with Gasteiger partial charge in [-0.25, -0.2) is 4.79 Å². The maximum Gasteiger partial charge on any atom is 0.350 e. The van der Waals surface area contributed by atoms with Gasteiger partial charge in [-0.1, -0.05) is 26.7 Å². The number of anilines is 2. The Morgan fingerprint density at radius 1 is 1.06 bits per heavy atom. The van der Waals surface area contributed by atoms with Crippen LogP contribution in [0.25, 0.3) is 0 Å². The zero-order chi connectivity index (χ0) is 12.5. The van der Waals surface area contributed by atoms with Gasteiger partial charge in [-0.3, -0.25) is 4.98 Å². The summed E-state index contributed by atoms with van der Waals surface area (Å²) in [5.74, 6) is 0.874. The minimum Gasteiger partial charge on any atom is -0.356 e. The summed E-state index contributed by atoms with van der Waals surface area (Å²) >= 11 is 0. The number of hydrogen-bond acceptors (Lipinski definition) is 5. The van der Waals surface area contributed by atoms with Gasteiger partial charge >= 0.3 is 5.69 Å². The quantitative estimate of drug-likeness (QED) is 0.600. The highest BCUT2D eigenvalue weighted by Crippen LogP contribution is 2.00. The van der Waals surface area contributed by atoms with Gasteiger partial charge in [0.15, 0.2) is 0 Å². The zero-order valence-electron chi connectivity index (χ0n) is 10.5. The molecule has 0 fully saturated rings. The van der Waals surface area contributed by atoms with Gasteiger partial charge in [0.25, 0.3) is 0 Å².